The van der Waals surface area contributed by atoms with Gasteiger partial charge in [-0.05, 0) is 42.2 Å². The van der Waals surface area contributed by atoms with Gasteiger partial charge in [0.1, 0.15) is 5.75 Å². The molecule has 1 N–H and O–H groups in total. The van der Waals surface area contributed by atoms with Crippen LogP contribution in [-0.4, -0.2) is 29.6 Å². The van der Waals surface area contributed by atoms with Gasteiger partial charge < -0.3 is 15.0 Å². The first-order valence-electron chi connectivity index (χ1n) is 7.85. The van der Waals surface area contributed by atoms with Gasteiger partial charge in [-0.15, -0.1) is 0 Å². The molecule has 1 fully saturated rings. The quantitative estimate of drug-likeness (QED) is 0.944. The number of likely N-dealkylation sites (tertiary alicyclic amines) is 1. The Morgan fingerprint density at radius 2 is 2.17 bits per heavy atom. The Labute approximate surface area is 136 Å². The van der Waals surface area contributed by atoms with E-state index in [2.05, 4.69) is 10.3 Å². The first-order chi connectivity index (χ1) is 11.3. The topological polar surface area (TPSA) is 54.5 Å². The number of nitrogens with one attached hydrogen (secondary N) is 1. The van der Waals surface area contributed by atoms with E-state index in [0.29, 0.717) is 6.54 Å². The Bertz CT molecular complexity index is 643. The second-order valence-corrected chi connectivity index (χ2v) is 5.64. The summed E-state index contributed by atoms with van der Waals surface area (Å²) in [7, 11) is 1.64. The van der Waals surface area contributed by atoms with E-state index in [1.807, 2.05) is 47.5 Å². The lowest BCUT2D eigenvalue weighted by atomic mass is 10.1. The summed E-state index contributed by atoms with van der Waals surface area (Å²) in [5.74, 6) is 0.816. The molecule has 2 amide bonds. The van der Waals surface area contributed by atoms with Crippen LogP contribution in [0.3, 0.4) is 0 Å². The van der Waals surface area contributed by atoms with Crippen molar-refractivity contribution < 1.29 is 9.53 Å². The molecule has 1 saturated heterocycles. The number of aromatic nitrogens is 1. The van der Waals surface area contributed by atoms with Crippen molar-refractivity contribution in [3.05, 3.63) is 59.9 Å². The van der Waals surface area contributed by atoms with Crippen LogP contribution in [0.25, 0.3) is 0 Å². The lowest BCUT2D eigenvalue weighted by Crippen LogP contribution is -2.39. The van der Waals surface area contributed by atoms with Crippen molar-refractivity contribution in [3.63, 3.8) is 0 Å². The molecule has 1 atom stereocenters. The van der Waals surface area contributed by atoms with E-state index in [1.54, 1.807) is 13.3 Å². The van der Waals surface area contributed by atoms with Gasteiger partial charge in [0.05, 0.1) is 13.2 Å². The molecule has 1 aliphatic heterocycles. The van der Waals surface area contributed by atoms with E-state index in [-0.39, 0.29) is 12.1 Å². The molecule has 5 nitrogen and oxygen atoms in total. The van der Waals surface area contributed by atoms with E-state index in [4.69, 9.17) is 4.74 Å². The van der Waals surface area contributed by atoms with Crippen molar-refractivity contribution in [3.8, 4) is 5.75 Å². The zero-order chi connectivity index (χ0) is 16.1. The van der Waals surface area contributed by atoms with Crippen LogP contribution in [0.15, 0.2) is 48.8 Å². The molecule has 1 aromatic carbocycles. The highest BCUT2D eigenvalue weighted by molar-refractivity contribution is 5.75. The molecule has 0 aliphatic carbocycles. The van der Waals surface area contributed by atoms with Gasteiger partial charge in [0.2, 0.25) is 0 Å². The molecular formula is C18H21N3O2. The van der Waals surface area contributed by atoms with E-state index in [1.165, 1.54) is 0 Å². The molecular weight excluding hydrogens is 290 g/mol. The van der Waals surface area contributed by atoms with Gasteiger partial charge in [-0.25, -0.2) is 4.79 Å². The number of rotatable bonds is 4. The number of urea groups is 1. The predicted octanol–water partition coefficient (Wildman–Crippen LogP) is 3.14. The number of nitrogens with zero attached hydrogens (tertiary/aromatic N) is 2. The fourth-order valence-corrected chi connectivity index (χ4v) is 2.95. The van der Waals surface area contributed by atoms with Gasteiger partial charge in [0.15, 0.2) is 0 Å². The van der Waals surface area contributed by atoms with Gasteiger partial charge >= 0.3 is 6.03 Å². The van der Waals surface area contributed by atoms with Crippen LogP contribution in [0.2, 0.25) is 0 Å². The van der Waals surface area contributed by atoms with Crippen molar-refractivity contribution in [2.24, 2.45) is 0 Å². The van der Waals surface area contributed by atoms with Crippen molar-refractivity contribution in [1.82, 2.24) is 15.2 Å². The lowest BCUT2D eigenvalue weighted by molar-refractivity contribution is 0.192. The van der Waals surface area contributed by atoms with E-state index in [9.17, 15) is 4.79 Å². The maximum absolute atomic E-state index is 12.5. The van der Waals surface area contributed by atoms with E-state index < -0.39 is 0 Å². The number of methoxy groups -OCH3 is 1. The number of pyridine rings is 1. The third-order valence-electron chi connectivity index (χ3n) is 4.19. The van der Waals surface area contributed by atoms with Gasteiger partial charge in [-0.1, -0.05) is 18.2 Å². The lowest BCUT2D eigenvalue weighted by Gasteiger charge is -2.25. The zero-order valence-corrected chi connectivity index (χ0v) is 13.2. The van der Waals surface area contributed by atoms with Crippen LogP contribution < -0.4 is 10.1 Å². The minimum absolute atomic E-state index is 0.0211. The van der Waals surface area contributed by atoms with Crippen molar-refractivity contribution in [2.75, 3.05) is 13.7 Å². The van der Waals surface area contributed by atoms with Crippen LogP contribution in [0, 0.1) is 0 Å². The second-order valence-electron chi connectivity index (χ2n) is 5.64. The highest BCUT2D eigenvalue weighted by atomic mass is 16.5. The summed E-state index contributed by atoms with van der Waals surface area (Å²) in [5, 5.41) is 3.00. The molecule has 23 heavy (non-hydrogen) atoms. The molecule has 1 aromatic heterocycles. The van der Waals surface area contributed by atoms with Crippen LogP contribution in [-0.2, 0) is 6.54 Å². The Balaban J connectivity index is 1.60. The monoisotopic (exact) mass is 311 g/mol. The third kappa shape index (κ3) is 3.62. The summed E-state index contributed by atoms with van der Waals surface area (Å²) in [6, 6.07) is 11.8. The number of carbonyl (C=O) groups excluding carboxylic acids is 1. The number of hydrogen-bond acceptors (Lipinski definition) is 3. The molecule has 0 radical (unpaired) electrons. The average molecular weight is 311 g/mol. The van der Waals surface area contributed by atoms with E-state index >= 15 is 0 Å². The normalized spacial score (nSPS) is 17.1. The standard InChI is InChI=1S/C18H21N3O2/c1-23-16-8-6-14(7-9-16)12-20-18(22)21-11-3-5-17(21)15-4-2-10-19-13-15/h2,4,6-10,13,17H,3,5,11-12H2,1H3,(H,20,22). The van der Waals surface area contributed by atoms with Crippen LogP contribution >= 0.6 is 0 Å². The SMILES string of the molecule is COc1ccc(CNC(=O)N2CCCC2c2cccnc2)cc1. The molecule has 1 aliphatic rings. The summed E-state index contributed by atoms with van der Waals surface area (Å²) in [6.07, 6.45) is 5.61. The fourth-order valence-electron chi connectivity index (χ4n) is 2.95. The summed E-state index contributed by atoms with van der Waals surface area (Å²) in [5.41, 5.74) is 2.15. The van der Waals surface area contributed by atoms with Crippen LogP contribution in [0.4, 0.5) is 4.79 Å². The molecule has 120 valence electrons. The van der Waals surface area contributed by atoms with Gasteiger partial charge in [-0.2, -0.15) is 0 Å². The first kappa shape index (κ1) is 15.3. The predicted molar refractivity (Wildman–Crippen MR) is 88.1 cm³/mol. The van der Waals surface area contributed by atoms with Gasteiger partial charge in [-0.3, -0.25) is 4.98 Å². The van der Waals surface area contributed by atoms with E-state index in [0.717, 1.165) is 36.3 Å². The Morgan fingerprint density at radius 3 is 2.87 bits per heavy atom. The number of ether oxygens (including phenoxy) is 1. The Hall–Kier alpha value is -2.56. The summed E-state index contributed by atoms with van der Waals surface area (Å²) in [4.78, 5) is 18.6. The fraction of sp³-hybridized carbons (Fsp3) is 0.333. The maximum Gasteiger partial charge on any atom is 0.318 e. The average Bonchev–Trinajstić information content (AvgIpc) is 3.11. The first-order valence-corrected chi connectivity index (χ1v) is 7.85. The van der Waals surface area contributed by atoms with Gasteiger partial charge in [0, 0.05) is 25.5 Å². The molecule has 5 heteroatoms. The Kier molecular flexibility index (Phi) is 4.76. The van der Waals surface area contributed by atoms with Crippen molar-refractivity contribution >= 4 is 6.03 Å². The smallest absolute Gasteiger partial charge is 0.318 e. The minimum atomic E-state index is -0.0211. The number of benzene rings is 1. The number of hydrogen-bond donors (Lipinski definition) is 1. The summed E-state index contributed by atoms with van der Waals surface area (Å²) >= 11 is 0. The summed E-state index contributed by atoms with van der Waals surface area (Å²) in [6.45, 7) is 1.30. The highest BCUT2D eigenvalue weighted by Gasteiger charge is 2.29. The molecule has 0 bridgehead atoms. The van der Waals surface area contributed by atoms with Crippen molar-refractivity contribution in [1.29, 1.82) is 0 Å². The maximum atomic E-state index is 12.5. The summed E-state index contributed by atoms with van der Waals surface area (Å²) < 4.78 is 5.14. The number of amides is 2. The molecule has 1 unspecified atom stereocenters. The third-order valence-corrected chi connectivity index (χ3v) is 4.19. The largest absolute Gasteiger partial charge is 0.497 e. The molecule has 2 aromatic rings. The van der Waals surface area contributed by atoms with Crippen LogP contribution in [0.1, 0.15) is 30.0 Å². The molecule has 0 saturated carbocycles. The molecule has 2 heterocycles. The molecule has 0 spiro atoms. The number of carbonyl (C=O) groups is 1. The Morgan fingerprint density at radius 1 is 1.35 bits per heavy atom. The zero-order valence-electron chi connectivity index (χ0n) is 13.2. The van der Waals surface area contributed by atoms with Crippen LogP contribution in [0.5, 0.6) is 5.75 Å². The van der Waals surface area contributed by atoms with Crippen molar-refractivity contribution in [2.45, 2.75) is 25.4 Å². The highest BCUT2D eigenvalue weighted by Crippen LogP contribution is 2.31. The minimum Gasteiger partial charge on any atom is -0.497 e. The second kappa shape index (κ2) is 7.13. The molecule has 3 rings (SSSR count). The van der Waals surface area contributed by atoms with Gasteiger partial charge in [0.25, 0.3) is 0 Å².